The molecule has 1 aliphatic heterocycles. The van der Waals surface area contributed by atoms with Gasteiger partial charge in [-0.3, -0.25) is 9.98 Å². The summed E-state index contributed by atoms with van der Waals surface area (Å²) in [4.78, 5) is 9.93. The first kappa shape index (κ1) is 16.2. The van der Waals surface area contributed by atoms with E-state index in [4.69, 9.17) is 9.98 Å². The number of nitrogens with zero attached hydrogens (tertiary/aromatic N) is 2. The van der Waals surface area contributed by atoms with E-state index in [2.05, 4.69) is 85.8 Å². The van der Waals surface area contributed by atoms with Gasteiger partial charge in [-0.15, -0.1) is 0 Å². The number of aliphatic imine (C=N–C) groups is 1. The predicted molar refractivity (Wildman–Crippen MR) is 112 cm³/mol. The molecule has 1 aromatic heterocycles. The summed E-state index contributed by atoms with van der Waals surface area (Å²) in [6.45, 7) is 2.05. The summed E-state index contributed by atoms with van der Waals surface area (Å²) in [6, 6.07) is 14.9. The SMILES string of the molecule is Cc1ccc2c(n1)C1=NC(C3C=CC=C(c4ccccc4)C3)=CCC1C=C2. The summed E-state index contributed by atoms with van der Waals surface area (Å²) in [6.07, 6.45) is 15.5. The maximum atomic E-state index is 5.12. The van der Waals surface area contributed by atoms with Crippen LogP contribution in [0.3, 0.4) is 0 Å². The van der Waals surface area contributed by atoms with Crippen LogP contribution in [0, 0.1) is 18.8 Å². The van der Waals surface area contributed by atoms with E-state index in [1.165, 1.54) is 22.4 Å². The molecule has 0 radical (unpaired) electrons. The molecule has 0 saturated carbocycles. The Balaban J connectivity index is 1.46. The van der Waals surface area contributed by atoms with Gasteiger partial charge in [-0.1, -0.05) is 72.9 Å². The monoisotopic (exact) mass is 350 g/mol. The summed E-state index contributed by atoms with van der Waals surface area (Å²) in [5.74, 6) is 0.685. The van der Waals surface area contributed by atoms with Gasteiger partial charge in [-0.05, 0) is 37.0 Å². The molecule has 2 heterocycles. The number of aromatic nitrogens is 1. The van der Waals surface area contributed by atoms with Crippen molar-refractivity contribution in [2.24, 2.45) is 16.8 Å². The van der Waals surface area contributed by atoms with E-state index in [-0.39, 0.29) is 0 Å². The van der Waals surface area contributed by atoms with Crippen molar-refractivity contribution in [3.05, 3.63) is 101 Å². The number of hydrogen-bond acceptors (Lipinski definition) is 2. The number of allylic oxidation sites excluding steroid dienone is 6. The predicted octanol–water partition coefficient (Wildman–Crippen LogP) is 5.77. The Hall–Kier alpha value is -3.00. The molecule has 0 N–H and O–H groups in total. The van der Waals surface area contributed by atoms with Crippen molar-refractivity contribution in [2.45, 2.75) is 19.8 Å². The molecule has 132 valence electrons. The van der Waals surface area contributed by atoms with E-state index in [0.717, 1.165) is 29.9 Å². The summed E-state index contributed by atoms with van der Waals surface area (Å²) in [5, 5.41) is 0. The lowest BCUT2D eigenvalue weighted by Gasteiger charge is -2.27. The molecule has 3 aliphatic rings. The second kappa shape index (κ2) is 6.62. The number of pyridine rings is 1. The molecule has 0 fully saturated rings. The molecule has 0 spiro atoms. The molecule has 2 unspecified atom stereocenters. The Labute approximate surface area is 160 Å². The van der Waals surface area contributed by atoms with Gasteiger partial charge in [-0.2, -0.15) is 0 Å². The van der Waals surface area contributed by atoms with Crippen LogP contribution in [-0.4, -0.2) is 10.7 Å². The zero-order valence-electron chi connectivity index (χ0n) is 15.5. The third-order valence-electron chi connectivity index (χ3n) is 5.60. The first-order chi connectivity index (χ1) is 13.3. The summed E-state index contributed by atoms with van der Waals surface area (Å²) >= 11 is 0. The van der Waals surface area contributed by atoms with Crippen molar-refractivity contribution in [1.82, 2.24) is 4.98 Å². The van der Waals surface area contributed by atoms with Crippen LogP contribution in [0.4, 0.5) is 0 Å². The molecular formula is C25H22N2. The highest BCUT2D eigenvalue weighted by atomic mass is 14.8. The minimum absolute atomic E-state index is 0.331. The van der Waals surface area contributed by atoms with E-state index in [0.29, 0.717) is 11.8 Å². The van der Waals surface area contributed by atoms with Gasteiger partial charge in [-0.25, -0.2) is 0 Å². The van der Waals surface area contributed by atoms with Crippen LogP contribution in [0.25, 0.3) is 11.6 Å². The lowest BCUT2D eigenvalue weighted by molar-refractivity contribution is 0.727. The molecule has 2 aliphatic carbocycles. The van der Waals surface area contributed by atoms with Crippen LogP contribution in [0.2, 0.25) is 0 Å². The zero-order valence-corrected chi connectivity index (χ0v) is 15.5. The summed E-state index contributed by atoms with van der Waals surface area (Å²) in [7, 11) is 0. The van der Waals surface area contributed by atoms with Gasteiger partial charge < -0.3 is 0 Å². The van der Waals surface area contributed by atoms with E-state index >= 15 is 0 Å². The van der Waals surface area contributed by atoms with Crippen LogP contribution >= 0.6 is 0 Å². The average molecular weight is 350 g/mol. The molecule has 2 atom stereocenters. The molecule has 2 heteroatoms. The van der Waals surface area contributed by atoms with Crippen molar-refractivity contribution in [1.29, 1.82) is 0 Å². The molecule has 0 amide bonds. The number of aryl methyl sites for hydroxylation is 1. The topological polar surface area (TPSA) is 25.2 Å². The molecule has 2 aromatic rings. The van der Waals surface area contributed by atoms with Gasteiger partial charge in [0, 0.05) is 28.8 Å². The maximum Gasteiger partial charge on any atom is 0.0926 e. The Morgan fingerprint density at radius 2 is 1.85 bits per heavy atom. The van der Waals surface area contributed by atoms with Crippen LogP contribution in [0.15, 0.2) is 83.5 Å². The highest BCUT2D eigenvalue weighted by molar-refractivity contribution is 6.07. The number of rotatable bonds is 2. The molecule has 1 aromatic carbocycles. The fraction of sp³-hybridized carbons (Fsp3) is 0.200. The molecule has 27 heavy (non-hydrogen) atoms. The van der Waals surface area contributed by atoms with Crippen molar-refractivity contribution in [3.63, 3.8) is 0 Å². The largest absolute Gasteiger partial charge is 0.255 e. The van der Waals surface area contributed by atoms with E-state index in [9.17, 15) is 0 Å². The highest BCUT2D eigenvalue weighted by Crippen LogP contribution is 2.36. The minimum atomic E-state index is 0.331. The third kappa shape index (κ3) is 3.02. The van der Waals surface area contributed by atoms with Crippen LogP contribution in [0.1, 0.15) is 35.4 Å². The van der Waals surface area contributed by atoms with Gasteiger partial charge in [0.15, 0.2) is 0 Å². The Kier molecular flexibility index (Phi) is 3.97. The van der Waals surface area contributed by atoms with Gasteiger partial charge in [0.1, 0.15) is 0 Å². The molecule has 5 rings (SSSR count). The lowest BCUT2D eigenvalue weighted by Crippen LogP contribution is -2.23. The number of benzene rings is 1. The van der Waals surface area contributed by atoms with Crippen LogP contribution in [-0.2, 0) is 0 Å². The molecular weight excluding hydrogens is 328 g/mol. The molecule has 2 nitrogen and oxygen atoms in total. The molecule has 0 bridgehead atoms. The fourth-order valence-corrected chi connectivity index (χ4v) is 4.13. The van der Waals surface area contributed by atoms with Gasteiger partial charge in [0.25, 0.3) is 0 Å². The standard InChI is InChI=1S/C25H22N2/c1-17-10-11-19-12-13-20-14-15-23(27-25(20)24(19)26-17)22-9-5-8-21(16-22)18-6-3-2-4-7-18/h2-13,15,20,22H,14,16H2,1H3. The normalized spacial score (nSPS) is 23.1. The first-order valence-corrected chi connectivity index (χ1v) is 9.65. The van der Waals surface area contributed by atoms with Crippen LogP contribution in [0.5, 0.6) is 0 Å². The van der Waals surface area contributed by atoms with Gasteiger partial charge in [0.2, 0.25) is 0 Å². The second-order valence-electron chi connectivity index (χ2n) is 7.47. The lowest BCUT2D eigenvalue weighted by atomic mass is 9.83. The second-order valence-corrected chi connectivity index (χ2v) is 7.47. The van der Waals surface area contributed by atoms with Gasteiger partial charge >= 0.3 is 0 Å². The smallest absolute Gasteiger partial charge is 0.0926 e. The molecule has 0 saturated heterocycles. The number of fused-ring (bicyclic) bond motifs is 3. The van der Waals surface area contributed by atoms with E-state index in [1.807, 2.05) is 0 Å². The Bertz CT molecular complexity index is 1040. The van der Waals surface area contributed by atoms with Crippen molar-refractivity contribution in [3.8, 4) is 0 Å². The Morgan fingerprint density at radius 3 is 2.74 bits per heavy atom. The Morgan fingerprint density at radius 1 is 0.963 bits per heavy atom. The van der Waals surface area contributed by atoms with Crippen molar-refractivity contribution in [2.75, 3.05) is 0 Å². The first-order valence-electron chi connectivity index (χ1n) is 9.65. The van der Waals surface area contributed by atoms with Crippen molar-refractivity contribution < 1.29 is 0 Å². The van der Waals surface area contributed by atoms with Crippen LogP contribution < -0.4 is 0 Å². The quantitative estimate of drug-likeness (QED) is 0.675. The summed E-state index contributed by atoms with van der Waals surface area (Å²) < 4.78 is 0. The minimum Gasteiger partial charge on any atom is -0.255 e. The average Bonchev–Trinajstić information content (AvgIpc) is 2.74. The maximum absolute atomic E-state index is 5.12. The number of hydrogen-bond donors (Lipinski definition) is 0. The van der Waals surface area contributed by atoms with E-state index in [1.54, 1.807) is 0 Å². The zero-order chi connectivity index (χ0) is 18.2. The fourth-order valence-electron chi connectivity index (χ4n) is 4.13. The van der Waals surface area contributed by atoms with E-state index < -0.39 is 0 Å². The third-order valence-corrected chi connectivity index (χ3v) is 5.60. The van der Waals surface area contributed by atoms with Gasteiger partial charge in [0.05, 0.1) is 11.4 Å². The highest BCUT2D eigenvalue weighted by Gasteiger charge is 2.28. The summed E-state index contributed by atoms with van der Waals surface area (Å²) in [5.41, 5.74) is 8.30. The van der Waals surface area contributed by atoms with Crippen molar-refractivity contribution >= 4 is 17.4 Å².